The summed E-state index contributed by atoms with van der Waals surface area (Å²) in [4.78, 5) is 11.2. The Morgan fingerprint density at radius 2 is 2.20 bits per heavy atom. The molecule has 15 heavy (non-hydrogen) atoms. The van der Waals surface area contributed by atoms with Crippen LogP contribution in [0.4, 0.5) is 0 Å². The van der Waals surface area contributed by atoms with E-state index in [0.29, 0.717) is 30.9 Å². The van der Waals surface area contributed by atoms with E-state index in [1.165, 1.54) is 0 Å². The Morgan fingerprint density at radius 3 is 2.73 bits per heavy atom. The molecule has 1 fully saturated rings. The zero-order valence-corrected chi connectivity index (χ0v) is 9.41. The number of nitrogens with one attached hydrogen (secondary N) is 1. The quantitative estimate of drug-likeness (QED) is 0.525. The van der Waals surface area contributed by atoms with Gasteiger partial charge in [0, 0.05) is 25.3 Å². The minimum atomic E-state index is -0.312. The number of hydrogen-bond acceptors (Lipinski definition) is 4. The summed E-state index contributed by atoms with van der Waals surface area (Å²) in [6.45, 7) is 6.36. The van der Waals surface area contributed by atoms with E-state index in [0.717, 1.165) is 12.8 Å². The molecule has 0 aromatic carbocycles. The fourth-order valence-corrected chi connectivity index (χ4v) is 1.50. The number of rotatable bonds is 6. The molecule has 0 aliphatic heterocycles. The summed E-state index contributed by atoms with van der Waals surface area (Å²) >= 11 is 0. The van der Waals surface area contributed by atoms with E-state index in [9.17, 15) is 4.79 Å². The Morgan fingerprint density at radius 1 is 1.53 bits per heavy atom. The van der Waals surface area contributed by atoms with Crippen molar-refractivity contribution in [2.75, 3.05) is 20.3 Å². The molecule has 1 aliphatic rings. The highest BCUT2D eigenvalue weighted by atomic mass is 16.5. The highest BCUT2D eigenvalue weighted by Crippen LogP contribution is 2.22. The van der Waals surface area contributed by atoms with Gasteiger partial charge < -0.3 is 14.8 Å². The summed E-state index contributed by atoms with van der Waals surface area (Å²) in [7, 11) is 1.72. The fraction of sp³-hybridized carbons (Fsp3) is 0.727. The minimum Gasteiger partial charge on any atom is -0.463 e. The first-order valence-corrected chi connectivity index (χ1v) is 5.28. The lowest BCUT2D eigenvalue weighted by Crippen LogP contribution is -2.46. The maximum Gasteiger partial charge on any atom is 0.334 e. The van der Waals surface area contributed by atoms with E-state index < -0.39 is 0 Å². The normalized spacial score (nSPS) is 24.4. The van der Waals surface area contributed by atoms with Crippen LogP contribution in [-0.2, 0) is 14.3 Å². The van der Waals surface area contributed by atoms with Gasteiger partial charge in [-0.25, -0.2) is 4.79 Å². The number of hydrogen-bond donors (Lipinski definition) is 1. The van der Waals surface area contributed by atoms with E-state index >= 15 is 0 Å². The van der Waals surface area contributed by atoms with Crippen molar-refractivity contribution >= 4 is 5.97 Å². The summed E-state index contributed by atoms with van der Waals surface area (Å²) in [5.74, 6) is -0.312. The van der Waals surface area contributed by atoms with Crippen LogP contribution in [0.15, 0.2) is 12.2 Å². The van der Waals surface area contributed by atoms with Crippen LogP contribution in [0.3, 0.4) is 0 Å². The standard InChI is InChI=1S/C11H19NO3/c1-4-15-11(13)8(2)7-12-9-5-10(6-9)14-3/h9-10,12H,2,4-7H2,1,3H3. The van der Waals surface area contributed by atoms with Gasteiger partial charge in [0.2, 0.25) is 0 Å². The average Bonchev–Trinajstić information content (AvgIpc) is 2.15. The second-order valence-corrected chi connectivity index (χ2v) is 3.73. The lowest BCUT2D eigenvalue weighted by molar-refractivity contribution is -0.138. The number of ether oxygens (including phenoxy) is 2. The molecule has 0 spiro atoms. The third-order valence-corrected chi connectivity index (χ3v) is 2.60. The monoisotopic (exact) mass is 213 g/mol. The van der Waals surface area contributed by atoms with Gasteiger partial charge in [0.25, 0.3) is 0 Å². The third-order valence-electron chi connectivity index (χ3n) is 2.60. The summed E-state index contributed by atoms with van der Waals surface area (Å²) in [5.41, 5.74) is 0.484. The van der Waals surface area contributed by atoms with Gasteiger partial charge in [-0.1, -0.05) is 6.58 Å². The van der Waals surface area contributed by atoms with Gasteiger partial charge in [-0.05, 0) is 19.8 Å². The van der Waals surface area contributed by atoms with Gasteiger partial charge in [0.05, 0.1) is 12.7 Å². The van der Waals surface area contributed by atoms with Gasteiger partial charge in [0.15, 0.2) is 0 Å². The fourth-order valence-electron chi connectivity index (χ4n) is 1.50. The zero-order chi connectivity index (χ0) is 11.3. The molecule has 1 saturated carbocycles. The third kappa shape index (κ3) is 3.64. The predicted molar refractivity (Wildman–Crippen MR) is 57.6 cm³/mol. The predicted octanol–water partition coefficient (Wildman–Crippen LogP) is 0.873. The molecule has 0 atom stereocenters. The van der Waals surface area contributed by atoms with E-state index in [1.807, 2.05) is 0 Å². The summed E-state index contributed by atoms with van der Waals surface area (Å²) < 4.78 is 9.98. The Hall–Kier alpha value is -0.870. The Kier molecular flexibility index (Phi) is 4.78. The van der Waals surface area contributed by atoms with E-state index in [1.54, 1.807) is 14.0 Å². The van der Waals surface area contributed by atoms with Crippen molar-refractivity contribution in [2.24, 2.45) is 0 Å². The molecule has 0 radical (unpaired) electrons. The smallest absolute Gasteiger partial charge is 0.334 e. The largest absolute Gasteiger partial charge is 0.463 e. The van der Waals surface area contributed by atoms with Crippen LogP contribution in [0.25, 0.3) is 0 Å². The van der Waals surface area contributed by atoms with Crippen molar-refractivity contribution < 1.29 is 14.3 Å². The second-order valence-electron chi connectivity index (χ2n) is 3.73. The number of methoxy groups -OCH3 is 1. The molecule has 1 N–H and O–H groups in total. The van der Waals surface area contributed by atoms with Gasteiger partial charge in [-0.3, -0.25) is 0 Å². The lowest BCUT2D eigenvalue weighted by Gasteiger charge is -2.34. The molecule has 86 valence electrons. The molecular weight excluding hydrogens is 194 g/mol. The highest BCUT2D eigenvalue weighted by Gasteiger charge is 2.28. The zero-order valence-electron chi connectivity index (χ0n) is 9.41. The maximum atomic E-state index is 11.2. The molecule has 0 aromatic heterocycles. The van der Waals surface area contributed by atoms with Crippen molar-refractivity contribution in [3.05, 3.63) is 12.2 Å². The van der Waals surface area contributed by atoms with E-state index in [4.69, 9.17) is 9.47 Å². The van der Waals surface area contributed by atoms with Crippen molar-refractivity contribution in [3.8, 4) is 0 Å². The maximum absolute atomic E-state index is 11.2. The second kappa shape index (κ2) is 5.88. The Bertz CT molecular complexity index is 234. The van der Waals surface area contributed by atoms with Crippen molar-refractivity contribution in [3.63, 3.8) is 0 Å². The van der Waals surface area contributed by atoms with Gasteiger partial charge in [-0.2, -0.15) is 0 Å². The Labute approximate surface area is 90.6 Å². The Balaban J connectivity index is 2.10. The average molecular weight is 213 g/mol. The summed E-state index contributed by atoms with van der Waals surface area (Å²) in [6.07, 6.45) is 2.39. The molecule has 1 aliphatic carbocycles. The summed E-state index contributed by atoms with van der Waals surface area (Å²) in [5, 5.41) is 3.24. The van der Waals surface area contributed by atoms with Crippen LogP contribution < -0.4 is 5.32 Å². The number of carbonyl (C=O) groups excluding carboxylic acids is 1. The first kappa shape index (κ1) is 12.2. The van der Waals surface area contributed by atoms with Crippen LogP contribution >= 0.6 is 0 Å². The van der Waals surface area contributed by atoms with Gasteiger partial charge in [0.1, 0.15) is 0 Å². The van der Waals surface area contributed by atoms with Crippen LogP contribution in [0.1, 0.15) is 19.8 Å². The lowest BCUT2D eigenvalue weighted by atomic mass is 9.89. The van der Waals surface area contributed by atoms with E-state index in [2.05, 4.69) is 11.9 Å². The molecule has 1 rings (SSSR count). The van der Waals surface area contributed by atoms with Gasteiger partial charge >= 0.3 is 5.97 Å². The molecule has 0 amide bonds. The molecule has 4 nitrogen and oxygen atoms in total. The molecule has 0 bridgehead atoms. The number of esters is 1. The SMILES string of the molecule is C=C(CNC1CC(OC)C1)C(=O)OCC. The minimum absolute atomic E-state index is 0.312. The topological polar surface area (TPSA) is 47.6 Å². The van der Waals surface area contributed by atoms with Crippen LogP contribution in [0, 0.1) is 0 Å². The molecule has 0 heterocycles. The number of carbonyl (C=O) groups is 1. The van der Waals surface area contributed by atoms with E-state index in [-0.39, 0.29) is 5.97 Å². The molecular formula is C11H19NO3. The first-order valence-electron chi connectivity index (χ1n) is 5.28. The van der Waals surface area contributed by atoms with Crippen LogP contribution in [0.5, 0.6) is 0 Å². The summed E-state index contributed by atoms with van der Waals surface area (Å²) in [6, 6.07) is 0.445. The first-order chi connectivity index (χ1) is 7.17. The van der Waals surface area contributed by atoms with Crippen LogP contribution in [0.2, 0.25) is 0 Å². The molecule has 4 heteroatoms. The van der Waals surface area contributed by atoms with Crippen molar-refractivity contribution in [1.29, 1.82) is 0 Å². The van der Waals surface area contributed by atoms with Gasteiger partial charge in [-0.15, -0.1) is 0 Å². The van der Waals surface area contributed by atoms with Crippen molar-refractivity contribution in [2.45, 2.75) is 31.9 Å². The molecule has 0 unspecified atom stereocenters. The highest BCUT2D eigenvalue weighted by molar-refractivity contribution is 5.88. The van der Waals surface area contributed by atoms with Crippen molar-refractivity contribution in [1.82, 2.24) is 5.32 Å². The molecule has 0 saturated heterocycles. The molecule has 0 aromatic rings. The van der Waals surface area contributed by atoms with Crippen LogP contribution in [-0.4, -0.2) is 38.4 Å².